The highest BCUT2D eigenvalue weighted by molar-refractivity contribution is 6.75. The van der Waals surface area contributed by atoms with E-state index in [1.54, 1.807) is 0 Å². The molecule has 0 aliphatic heterocycles. The van der Waals surface area contributed by atoms with Crippen molar-refractivity contribution in [2.45, 2.75) is 0 Å². The standard InChI is InChI=1S/C8H6Cl4N2O2/c1-15-13-7-5(11)3(9)4(10)6(12)8(7)14-16-2/h1-2H3. The average molecular weight is 304 g/mol. The van der Waals surface area contributed by atoms with E-state index < -0.39 is 0 Å². The van der Waals surface area contributed by atoms with Gasteiger partial charge in [-0.1, -0.05) is 56.7 Å². The Morgan fingerprint density at radius 2 is 1.00 bits per heavy atom. The van der Waals surface area contributed by atoms with Gasteiger partial charge in [-0.2, -0.15) is 0 Å². The number of halogens is 4. The lowest BCUT2D eigenvalue weighted by Gasteiger charge is -2.15. The number of allylic oxidation sites excluding steroid dienone is 4. The van der Waals surface area contributed by atoms with Crippen LogP contribution >= 0.6 is 46.4 Å². The molecule has 0 heterocycles. The van der Waals surface area contributed by atoms with E-state index >= 15 is 0 Å². The minimum atomic E-state index is 0.0826. The molecular formula is C8H6Cl4N2O2. The normalized spacial score (nSPS) is 22.1. The van der Waals surface area contributed by atoms with E-state index in [-0.39, 0.29) is 31.6 Å². The van der Waals surface area contributed by atoms with Crippen molar-refractivity contribution in [3.63, 3.8) is 0 Å². The van der Waals surface area contributed by atoms with Crippen LogP contribution in [0.3, 0.4) is 0 Å². The third-order valence-electron chi connectivity index (χ3n) is 1.58. The van der Waals surface area contributed by atoms with Crippen LogP contribution in [0.15, 0.2) is 30.4 Å². The molecule has 0 aromatic carbocycles. The van der Waals surface area contributed by atoms with Crippen molar-refractivity contribution in [2.24, 2.45) is 10.3 Å². The molecule has 0 radical (unpaired) electrons. The maximum atomic E-state index is 5.93. The topological polar surface area (TPSA) is 43.2 Å². The van der Waals surface area contributed by atoms with Crippen molar-refractivity contribution in [1.82, 2.24) is 0 Å². The van der Waals surface area contributed by atoms with Gasteiger partial charge >= 0.3 is 0 Å². The van der Waals surface area contributed by atoms with E-state index in [2.05, 4.69) is 20.0 Å². The molecule has 16 heavy (non-hydrogen) atoms. The second kappa shape index (κ2) is 5.77. The number of hydrogen-bond donors (Lipinski definition) is 0. The van der Waals surface area contributed by atoms with E-state index in [1.807, 2.05) is 0 Å². The zero-order valence-electron chi connectivity index (χ0n) is 8.22. The molecule has 0 unspecified atom stereocenters. The third-order valence-corrected chi connectivity index (χ3v) is 3.37. The lowest BCUT2D eigenvalue weighted by molar-refractivity contribution is 0.210. The van der Waals surface area contributed by atoms with Gasteiger partial charge in [0.2, 0.25) is 0 Å². The minimum absolute atomic E-state index is 0.0826. The molecule has 0 aromatic heterocycles. The van der Waals surface area contributed by atoms with Gasteiger partial charge in [-0.3, -0.25) is 0 Å². The van der Waals surface area contributed by atoms with Gasteiger partial charge in [-0.05, 0) is 0 Å². The Hall–Kier alpha value is -0.420. The minimum Gasteiger partial charge on any atom is -0.399 e. The van der Waals surface area contributed by atoms with E-state index in [9.17, 15) is 0 Å². The summed E-state index contributed by atoms with van der Waals surface area (Å²) in [7, 11) is 2.70. The van der Waals surface area contributed by atoms with Gasteiger partial charge < -0.3 is 9.68 Å². The highest BCUT2D eigenvalue weighted by Gasteiger charge is 2.30. The second-order valence-corrected chi connectivity index (χ2v) is 4.01. The van der Waals surface area contributed by atoms with Crippen molar-refractivity contribution in [3.8, 4) is 0 Å². The molecule has 0 saturated heterocycles. The fraction of sp³-hybridized carbons (Fsp3) is 0.250. The van der Waals surface area contributed by atoms with Crippen LogP contribution in [0.5, 0.6) is 0 Å². The van der Waals surface area contributed by atoms with Gasteiger partial charge in [0.25, 0.3) is 0 Å². The molecule has 0 spiro atoms. The molecule has 0 atom stereocenters. The first-order valence-electron chi connectivity index (χ1n) is 3.88. The van der Waals surface area contributed by atoms with Crippen molar-refractivity contribution in [3.05, 3.63) is 20.1 Å². The zero-order chi connectivity index (χ0) is 12.3. The summed E-state index contributed by atoms with van der Waals surface area (Å²) in [6, 6.07) is 0. The molecule has 0 saturated carbocycles. The highest BCUT2D eigenvalue weighted by atomic mass is 35.5. The van der Waals surface area contributed by atoms with Crippen LogP contribution in [-0.2, 0) is 9.68 Å². The average Bonchev–Trinajstić information content (AvgIpc) is 2.28. The fourth-order valence-electron chi connectivity index (χ4n) is 0.958. The molecule has 0 N–H and O–H groups in total. The summed E-state index contributed by atoms with van der Waals surface area (Å²) in [6.45, 7) is 0. The Morgan fingerprint density at radius 3 is 1.25 bits per heavy atom. The SMILES string of the molecule is CON=C1C(=NOC)C(Cl)=C(Cl)C(Cl)=C1Cl. The van der Waals surface area contributed by atoms with Crippen LogP contribution in [0.2, 0.25) is 0 Å². The van der Waals surface area contributed by atoms with E-state index in [1.165, 1.54) is 14.2 Å². The summed E-state index contributed by atoms with van der Waals surface area (Å²) in [4.78, 5) is 9.22. The number of rotatable bonds is 2. The van der Waals surface area contributed by atoms with Crippen molar-refractivity contribution < 1.29 is 9.68 Å². The van der Waals surface area contributed by atoms with Crippen LogP contribution in [0.4, 0.5) is 0 Å². The van der Waals surface area contributed by atoms with Crippen molar-refractivity contribution in [1.29, 1.82) is 0 Å². The summed E-state index contributed by atoms with van der Waals surface area (Å²) in [6.07, 6.45) is 0. The Morgan fingerprint density at radius 1 is 0.688 bits per heavy atom. The smallest absolute Gasteiger partial charge is 0.153 e. The number of nitrogens with zero attached hydrogens (tertiary/aromatic N) is 2. The molecule has 8 heteroatoms. The number of hydrogen-bond acceptors (Lipinski definition) is 4. The van der Waals surface area contributed by atoms with Crippen LogP contribution in [-0.4, -0.2) is 25.6 Å². The van der Waals surface area contributed by atoms with E-state index in [0.29, 0.717) is 0 Å². The van der Waals surface area contributed by atoms with Gasteiger partial charge in [0.05, 0.1) is 20.1 Å². The van der Waals surface area contributed by atoms with Crippen LogP contribution < -0.4 is 0 Å². The molecule has 0 amide bonds. The van der Waals surface area contributed by atoms with Gasteiger partial charge in [0.1, 0.15) is 14.2 Å². The number of oxime groups is 2. The van der Waals surface area contributed by atoms with Crippen molar-refractivity contribution in [2.75, 3.05) is 14.2 Å². The quantitative estimate of drug-likeness (QED) is 0.580. The first-order chi connectivity index (χ1) is 7.54. The second-order valence-electron chi connectivity index (χ2n) is 2.50. The Kier molecular flexibility index (Phi) is 4.92. The van der Waals surface area contributed by atoms with E-state index in [4.69, 9.17) is 46.4 Å². The van der Waals surface area contributed by atoms with Crippen molar-refractivity contribution >= 4 is 57.8 Å². The summed E-state index contributed by atoms with van der Waals surface area (Å²) in [5.41, 5.74) is 0.316. The Bertz CT molecular complexity index is 386. The molecule has 0 aromatic rings. The summed E-state index contributed by atoms with van der Waals surface area (Å²) in [5.74, 6) is 0. The maximum Gasteiger partial charge on any atom is 0.153 e. The van der Waals surface area contributed by atoms with Crippen LogP contribution in [0, 0.1) is 0 Å². The van der Waals surface area contributed by atoms with Gasteiger partial charge in [-0.25, -0.2) is 0 Å². The summed E-state index contributed by atoms with van der Waals surface area (Å²) in [5, 5.41) is 7.66. The molecule has 1 aliphatic carbocycles. The highest BCUT2D eigenvalue weighted by Crippen LogP contribution is 2.36. The lowest BCUT2D eigenvalue weighted by Crippen LogP contribution is -2.21. The molecular weight excluding hydrogens is 298 g/mol. The molecule has 1 aliphatic rings. The van der Waals surface area contributed by atoms with Gasteiger partial charge in [0.15, 0.2) is 11.4 Å². The molecule has 1 rings (SSSR count). The maximum absolute atomic E-state index is 5.93. The van der Waals surface area contributed by atoms with Gasteiger partial charge in [0, 0.05) is 0 Å². The predicted molar refractivity (Wildman–Crippen MR) is 66.4 cm³/mol. The first-order valence-corrected chi connectivity index (χ1v) is 5.40. The zero-order valence-corrected chi connectivity index (χ0v) is 11.2. The monoisotopic (exact) mass is 302 g/mol. The Labute approximate surface area is 112 Å². The summed E-state index contributed by atoms with van der Waals surface area (Å²) < 4.78 is 0. The molecule has 0 fully saturated rings. The van der Waals surface area contributed by atoms with Crippen LogP contribution in [0.1, 0.15) is 0 Å². The van der Waals surface area contributed by atoms with Gasteiger partial charge in [-0.15, -0.1) is 0 Å². The molecule has 4 nitrogen and oxygen atoms in total. The first kappa shape index (κ1) is 13.6. The molecule has 88 valence electrons. The Balaban J connectivity index is 3.41. The van der Waals surface area contributed by atoms with E-state index in [0.717, 1.165) is 0 Å². The third kappa shape index (κ3) is 2.46. The molecule has 0 bridgehead atoms. The van der Waals surface area contributed by atoms with Crippen LogP contribution in [0.25, 0.3) is 0 Å². The fourth-order valence-corrected chi connectivity index (χ4v) is 1.86. The largest absolute Gasteiger partial charge is 0.399 e. The predicted octanol–water partition coefficient (Wildman–Crippen LogP) is 3.38. The summed E-state index contributed by atoms with van der Waals surface area (Å²) >= 11 is 23.6. The lowest BCUT2D eigenvalue weighted by atomic mass is 10.1.